The molecule has 1 N–H and O–H groups in total. The lowest BCUT2D eigenvalue weighted by Gasteiger charge is -2.32. The van der Waals surface area contributed by atoms with E-state index < -0.39 is 11.7 Å². The number of nitrogens with zero attached hydrogens (tertiary/aromatic N) is 4. The topological polar surface area (TPSA) is 89.3 Å². The molecular weight excluding hydrogens is 358 g/mol. The van der Waals surface area contributed by atoms with Crippen LogP contribution in [-0.2, 0) is 22.5 Å². The third-order valence-electron chi connectivity index (χ3n) is 5.28. The van der Waals surface area contributed by atoms with E-state index in [-0.39, 0.29) is 24.8 Å². The second kappa shape index (κ2) is 8.92. The van der Waals surface area contributed by atoms with Crippen molar-refractivity contribution in [3.63, 3.8) is 0 Å². The minimum absolute atomic E-state index is 0.0661. The number of hydrogen-bond donors (Lipinski definition) is 1. The molecule has 1 unspecified atom stereocenters. The number of nitrogens with one attached hydrogen (secondary N) is 1. The number of aryl methyl sites for hydroxylation is 1. The second-order valence-electron chi connectivity index (χ2n) is 8.79. The smallest absolute Gasteiger partial charge is 0.407 e. The Balaban J connectivity index is 1.51. The molecule has 0 spiro atoms. The summed E-state index contributed by atoms with van der Waals surface area (Å²) >= 11 is 0. The highest BCUT2D eigenvalue weighted by molar-refractivity contribution is 5.77. The summed E-state index contributed by atoms with van der Waals surface area (Å²) in [6.07, 6.45) is 6.39. The highest BCUT2D eigenvalue weighted by Crippen LogP contribution is 2.28. The van der Waals surface area contributed by atoms with Gasteiger partial charge in [0.25, 0.3) is 0 Å². The van der Waals surface area contributed by atoms with Crippen LogP contribution in [0.25, 0.3) is 0 Å². The van der Waals surface area contributed by atoms with Crippen LogP contribution in [0.1, 0.15) is 76.9 Å². The van der Waals surface area contributed by atoms with Gasteiger partial charge in [-0.2, -0.15) is 0 Å². The summed E-state index contributed by atoms with van der Waals surface area (Å²) in [5, 5.41) is 11.5. The summed E-state index contributed by atoms with van der Waals surface area (Å²) in [6.45, 7) is 8.17. The van der Waals surface area contributed by atoms with E-state index in [4.69, 9.17) is 4.74 Å². The number of hydrogen-bond acceptors (Lipinski definition) is 5. The van der Waals surface area contributed by atoms with Gasteiger partial charge in [-0.05, 0) is 46.5 Å². The minimum Gasteiger partial charge on any atom is -0.444 e. The van der Waals surface area contributed by atoms with Crippen molar-refractivity contribution in [2.75, 3.05) is 19.6 Å². The third kappa shape index (κ3) is 5.45. The Morgan fingerprint density at radius 1 is 1.14 bits per heavy atom. The molecule has 1 aromatic heterocycles. The molecule has 8 nitrogen and oxygen atoms in total. The zero-order valence-electron chi connectivity index (χ0n) is 17.4. The lowest BCUT2D eigenvalue weighted by atomic mass is 9.96. The van der Waals surface area contributed by atoms with Crippen molar-refractivity contribution in [2.45, 2.75) is 83.8 Å². The molecule has 0 saturated carbocycles. The number of fused-ring (bicyclic) bond motifs is 1. The molecule has 3 rings (SSSR count). The standard InChI is InChI=1S/C20H33N5O3/c1-20(2,3)28-19(27)21-11-10-17(26)24-12-7-8-15(14-24)18-23-22-16-9-5-4-6-13-25(16)18/h15H,4-14H2,1-3H3,(H,21,27). The fourth-order valence-corrected chi connectivity index (χ4v) is 3.97. The molecule has 1 atom stereocenters. The van der Waals surface area contributed by atoms with Crippen LogP contribution >= 0.6 is 0 Å². The average Bonchev–Trinajstić information content (AvgIpc) is 2.88. The molecule has 28 heavy (non-hydrogen) atoms. The number of piperidine rings is 1. The van der Waals surface area contributed by atoms with E-state index in [9.17, 15) is 9.59 Å². The van der Waals surface area contributed by atoms with Crippen molar-refractivity contribution in [1.82, 2.24) is 25.0 Å². The zero-order valence-corrected chi connectivity index (χ0v) is 17.4. The van der Waals surface area contributed by atoms with E-state index in [1.807, 2.05) is 25.7 Å². The highest BCUT2D eigenvalue weighted by atomic mass is 16.6. The van der Waals surface area contributed by atoms with Crippen LogP contribution in [0.15, 0.2) is 0 Å². The molecule has 1 saturated heterocycles. The van der Waals surface area contributed by atoms with Crippen molar-refractivity contribution < 1.29 is 14.3 Å². The Morgan fingerprint density at radius 3 is 2.75 bits per heavy atom. The number of rotatable bonds is 4. The number of likely N-dealkylation sites (tertiary alicyclic amines) is 1. The SMILES string of the molecule is CC(C)(C)OC(=O)NCCC(=O)N1CCCC(c2nnc3n2CCCCC3)C1. The van der Waals surface area contributed by atoms with E-state index in [2.05, 4.69) is 20.1 Å². The van der Waals surface area contributed by atoms with Crippen LogP contribution in [0.3, 0.4) is 0 Å². The molecule has 3 heterocycles. The van der Waals surface area contributed by atoms with Crippen LogP contribution in [0.4, 0.5) is 4.79 Å². The molecule has 0 aliphatic carbocycles. The van der Waals surface area contributed by atoms with Crippen LogP contribution in [-0.4, -0.2) is 56.9 Å². The van der Waals surface area contributed by atoms with Gasteiger partial charge < -0.3 is 19.5 Å². The number of carbonyl (C=O) groups excluding carboxylic acids is 2. The first kappa shape index (κ1) is 20.6. The van der Waals surface area contributed by atoms with Crippen LogP contribution in [0.5, 0.6) is 0 Å². The van der Waals surface area contributed by atoms with E-state index in [0.29, 0.717) is 6.54 Å². The normalized spacial score (nSPS) is 20.2. The molecule has 156 valence electrons. The number of ether oxygens (including phenoxy) is 1. The molecular formula is C20H33N5O3. The van der Waals surface area contributed by atoms with E-state index in [1.165, 1.54) is 19.3 Å². The molecule has 0 aromatic carbocycles. The maximum Gasteiger partial charge on any atom is 0.407 e. The summed E-state index contributed by atoms with van der Waals surface area (Å²) in [5.74, 6) is 2.45. The Morgan fingerprint density at radius 2 is 1.96 bits per heavy atom. The molecule has 2 amide bonds. The number of alkyl carbamates (subject to hydrolysis) is 1. The van der Waals surface area contributed by atoms with Crippen LogP contribution in [0.2, 0.25) is 0 Å². The zero-order chi connectivity index (χ0) is 20.1. The molecule has 2 aliphatic heterocycles. The van der Waals surface area contributed by atoms with Gasteiger partial charge in [0.1, 0.15) is 17.2 Å². The van der Waals surface area contributed by atoms with E-state index in [0.717, 1.165) is 44.0 Å². The summed E-state index contributed by atoms with van der Waals surface area (Å²) in [7, 11) is 0. The van der Waals surface area contributed by atoms with E-state index in [1.54, 1.807) is 0 Å². The Kier molecular flexibility index (Phi) is 6.57. The Bertz CT molecular complexity index is 695. The fourth-order valence-electron chi connectivity index (χ4n) is 3.97. The van der Waals surface area contributed by atoms with Gasteiger partial charge in [-0.3, -0.25) is 4.79 Å². The monoisotopic (exact) mass is 391 g/mol. The predicted octanol–water partition coefficient (Wildman–Crippen LogP) is 2.63. The van der Waals surface area contributed by atoms with Gasteiger partial charge in [-0.15, -0.1) is 10.2 Å². The van der Waals surface area contributed by atoms with Crippen molar-refractivity contribution in [1.29, 1.82) is 0 Å². The van der Waals surface area contributed by atoms with Gasteiger partial charge in [-0.1, -0.05) is 6.42 Å². The van der Waals surface area contributed by atoms with Gasteiger partial charge in [0.15, 0.2) is 0 Å². The molecule has 8 heteroatoms. The van der Waals surface area contributed by atoms with Crippen LogP contribution < -0.4 is 5.32 Å². The summed E-state index contributed by atoms with van der Waals surface area (Å²) in [4.78, 5) is 26.2. The second-order valence-corrected chi connectivity index (χ2v) is 8.79. The van der Waals surface area contributed by atoms with Crippen LogP contribution in [0, 0.1) is 0 Å². The number of amides is 2. The molecule has 0 radical (unpaired) electrons. The lowest BCUT2D eigenvalue weighted by molar-refractivity contribution is -0.132. The minimum atomic E-state index is -0.537. The molecule has 1 fully saturated rings. The first-order chi connectivity index (χ1) is 13.3. The summed E-state index contributed by atoms with van der Waals surface area (Å²) < 4.78 is 7.49. The van der Waals surface area contributed by atoms with Gasteiger partial charge in [0, 0.05) is 44.9 Å². The predicted molar refractivity (Wildman–Crippen MR) is 105 cm³/mol. The van der Waals surface area contributed by atoms with Crippen molar-refractivity contribution in [3.05, 3.63) is 11.6 Å². The van der Waals surface area contributed by atoms with Crippen molar-refractivity contribution >= 4 is 12.0 Å². The Hall–Kier alpha value is -2.12. The van der Waals surface area contributed by atoms with Gasteiger partial charge in [0.05, 0.1) is 0 Å². The highest BCUT2D eigenvalue weighted by Gasteiger charge is 2.29. The Labute approximate surface area is 167 Å². The average molecular weight is 392 g/mol. The maximum atomic E-state index is 12.6. The maximum absolute atomic E-state index is 12.6. The van der Waals surface area contributed by atoms with Crippen molar-refractivity contribution in [3.8, 4) is 0 Å². The lowest BCUT2D eigenvalue weighted by Crippen LogP contribution is -2.41. The van der Waals surface area contributed by atoms with E-state index >= 15 is 0 Å². The third-order valence-corrected chi connectivity index (χ3v) is 5.28. The van der Waals surface area contributed by atoms with Gasteiger partial charge >= 0.3 is 6.09 Å². The summed E-state index contributed by atoms with van der Waals surface area (Å²) in [5.41, 5.74) is -0.537. The first-order valence-corrected chi connectivity index (χ1v) is 10.5. The largest absolute Gasteiger partial charge is 0.444 e. The van der Waals surface area contributed by atoms with Crippen molar-refractivity contribution in [2.24, 2.45) is 0 Å². The van der Waals surface area contributed by atoms with Gasteiger partial charge in [0.2, 0.25) is 5.91 Å². The first-order valence-electron chi connectivity index (χ1n) is 10.5. The number of aromatic nitrogens is 3. The fraction of sp³-hybridized carbons (Fsp3) is 0.800. The quantitative estimate of drug-likeness (QED) is 0.852. The number of carbonyl (C=O) groups is 2. The molecule has 0 bridgehead atoms. The van der Waals surface area contributed by atoms with Gasteiger partial charge in [-0.25, -0.2) is 4.79 Å². The summed E-state index contributed by atoms with van der Waals surface area (Å²) in [6, 6.07) is 0. The molecule has 1 aromatic rings. The molecule has 2 aliphatic rings.